The number of nitrogens with zero attached hydrogens (tertiary/aromatic N) is 1. The standard InChI is InChI=1S/C12H13ClN2OS2/c1-2-7(13)10-14-11(16)9-6-3-4-17-5-8(6)18-12(9)15-10/h7H,2-5H2,1H3,(H,14,15,16). The van der Waals surface area contributed by atoms with E-state index in [0.717, 1.165) is 34.6 Å². The van der Waals surface area contributed by atoms with Crippen LogP contribution in [0.3, 0.4) is 0 Å². The lowest BCUT2D eigenvalue weighted by Crippen LogP contribution is -2.13. The lowest BCUT2D eigenvalue weighted by Gasteiger charge is -2.09. The molecule has 3 rings (SSSR count). The highest BCUT2D eigenvalue weighted by Gasteiger charge is 2.21. The molecule has 0 fully saturated rings. The molecular formula is C12H13ClN2OS2. The van der Waals surface area contributed by atoms with E-state index in [0.29, 0.717) is 5.82 Å². The summed E-state index contributed by atoms with van der Waals surface area (Å²) in [6.45, 7) is 1.98. The van der Waals surface area contributed by atoms with Gasteiger partial charge >= 0.3 is 0 Å². The van der Waals surface area contributed by atoms with Crippen LogP contribution in [0, 0.1) is 0 Å². The molecule has 2 aromatic heterocycles. The van der Waals surface area contributed by atoms with Crippen molar-refractivity contribution in [3.63, 3.8) is 0 Å². The number of hydrogen-bond acceptors (Lipinski definition) is 4. The Balaban J connectivity index is 2.23. The predicted molar refractivity (Wildman–Crippen MR) is 79.0 cm³/mol. The fourth-order valence-electron chi connectivity index (χ4n) is 2.19. The molecule has 0 aromatic carbocycles. The number of aromatic amines is 1. The van der Waals surface area contributed by atoms with Crippen LogP contribution in [0.25, 0.3) is 10.2 Å². The van der Waals surface area contributed by atoms with Gasteiger partial charge in [-0.15, -0.1) is 22.9 Å². The molecular weight excluding hydrogens is 288 g/mol. The van der Waals surface area contributed by atoms with Gasteiger partial charge in [0.05, 0.1) is 10.8 Å². The number of halogens is 1. The minimum absolute atomic E-state index is 0.0292. The number of H-pyrrole nitrogens is 1. The molecule has 0 spiro atoms. The van der Waals surface area contributed by atoms with Gasteiger partial charge in [-0.2, -0.15) is 11.8 Å². The summed E-state index contributed by atoms with van der Waals surface area (Å²) in [6, 6.07) is 0. The molecule has 6 heteroatoms. The highest BCUT2D eigenvalue weighted by atomic mass is 35.5. The fourth-order valence-corrected chi connectivity index (χ4v) is 4.65. The fraction of sp³-hybridized carbons (Fsp3) is 0.500. The third-order valence-electron chi connectivity index (χ3n) is 3.15. The quantitative estimate of drug-likeness (QED) is 0.864. The number of thiophene rings is 1. The molecule has 0 saturated carbocycles. The zero-order valence-corrected chi connectivity index (χ0v) is 12.3. The third-order valence-corrected chi connectivity index (χ3v) is 5.96. The minimum atomic E-state index is -0.212. The minimum Gasteiger partial charge on any atom is -0.309 e. The van der Waals surface area contributed by atoms with Gasteiger partial charge in [-0.05, 0) is 24.2 Å². The summed E-state index contributed by atoms with van der Waals surface area (Å²) in [4.78, 5) is 21.7. The van der Waals surface area contributed by atoms with Crippen molar-refractivity contribution in [1.29, 1.82) is 0 Å². The van der Waals surface area contributed by atoms with E-state index in [2.05, 4.69) is 9.97 Å². The van der Waals surface area contributed by atoms with E-state index in [1.807, 2.05) is 18.7 Å². The highest BCUT2D eigenvalue weighted by molar-refractivity contribution is 7.98. The average Bonchev–Trinajstić information content (AvgIpc) is 2.76. The summed E-state index contributed by atoms with van der Waals surface area (Å²) in [6.07, 6.45) is 1.74. The molecule has 2 aromatic rings. The topological polar surface area (TPSA) is 45.8 Å². The third kappa shape index (κ3) is 1.98. The average molecular weight is 301 g/mol. The zero-order valence-electron chi connectivity index (χ0n) is 9.96. The van der Waals surface area contributed by atoms with Crippen LogP contribution >= 0.6 is 34.7 Å². The van der Waals surface area contributed by atoms with Gasteiger partial charge in [0.1, 0.15) is 10.7 Å². The van der Waals surface area contributed by atoms with E-state index in [9.17, 15) is 4.79 Å². The van der Waals surface area contributed by atoms with Crippen molar-refractivity contribution in [2.45, 2.75) is 30.9 Å². The number of aromatic nitrogens is 2. The molecule has 1 N–H and O–H groups in total. The Hall–Kier alpha value is -0.520. The van der Waals surface area contributed by atoms with Gasteiger partial charge in [0.15, 0.2) is 0 Å². The van der Waals surface area contributed by atoms with Crippen molar-refractivity contribution in [3.05, 3.63) is 26.6 Å². The van der Waals surface area contributed by atoms with Gasteiger partial charge in [-0.3, -0.25) is 4.79 Å². The monoisotopic (exact) mass is 300 g/mol. The Morgan fingerprint density at radius 3 is 3.17 bits per heavy atom. The van der Waals surface area contributed by atoms with Crippen molar-refractivity contribution in [2.75, 3.05) is 5.75 Å². The van der Waals surface area contributed by atoms with E-state index < -0.39 is 0 Å². The summed E-state index contributed by atoms with van der Waals surface area (Å²) >= 11 is 9.72. The molecule has 3 nitrogen and oxygen atoms in total. The molecule has 0 aliphatic carbocycles. The van der Waals surface area contributed by atoms with Crippen molar-refractivity contribution in [3.8, 4) is 0 Å². The van der Waals surface area contributed by atoms with Crippen LogP contribution in [0.2, 0.25) is 0 Å². The Morgan fingerprint density at radius 1 is 1.56 bits per heavy atom. The number of alkyl halides is 1. The summed E-state index contributed by atoms with van der Waals surface area (Å²) < 4.78 is 0. The number of rotatable bonds is 2. The van der Waals surface area contributed by atoms with Gasteiger partial charge in [0.2, 0.25) is 0 Å². The maximum atomic E-state index is 12.2. The Kier molecular flexibility index (Phi) is 3.38. The van der Waals surface area contributed by atoms with Gasteiger partial charge in [0, 0.05) is 10.6 Å². The largest absolute Gasteiger partial charge is 0.309 e. The van der Waals surface area contributed by atoms with E-state index in [4.69, 9.17) is 11.6 Å². The van der Waals surface area contributed by atoms with Gasteiger partial charge in [-0.25, -0.2) is 4.98 Å². The highest BCUT2D eigenvalue weighted by Crippen LogP contribution is 2.35. The molecule has 0 radical (unpaired) electrons. The van der Waals surface area contributed by atoms with Crippen LogP contribution in [0.15, 0.2) is 4.79 Å². The molecule has 1 unspecified atom stereocenters. The van der Waals surface area contributed by atoms with Crippen LogP contribution in [0.5, 0.6) is 0 Å². The predicted octanol–water partition coefficient (Wildman–Crippen LogP) is 3.46. The number of thioether (sulfide) groups is 1. The van der Waals surface area contributed by atoms with Gasteiger partial charge in [-0.1, -0.05) is 6.92 Å². The summed E-state index contributed by atoms with van der Waals surface area (Å²) in [5, 5.41) is 0.578. The smallest absolute Gasteiger partial charge is 0.259 e. The second kappa shape index (κ2) is 4.87. The molecule has 0 bridgehead atoms. The molecule has 1 aliphatic heterocycles. The van der Waals surface area contributed by atoms with Crippen LogP contribution in [0.4, 0.5) is 0 Å². The molecule has 3 heterocycles. The summed E-state index contributed by atoms with van der Waals surface area (Å²) in [5.41, 5.74) is 1.18. The summed E-state index contributed by atoms with van der Waals surface area (Å²) in [5.74, 6) is 2.69. The second-order valence-corrected chi connectivity index (χ2v) is 7.03. The SMILES string of the molecule is CCC(Cl)c1nc2sc3c(c2c(=O)[nH]1)CCSC3. The first-order valence-corrected chi connectivity index (χ1v) is 8.37. The Labute approximate surface area is 118 Å². The maximum absolute atomic E-state index is 12.2. The Bertz CT molecular complexity index is 649. The van der Waals surface area contributed by atoms with Gasteiger partial charge in [0.25, 0.3) is 5.56 Å². The van der Waals surface area contributed by atoms with Gasteiger partial charge < -0.3 is 4.98 Å². The van der Waals surface area contributed by atoms with Crippen molar-refractivity contribution in [2.24, 2.45) is 0 Å². The normalized spacial score (nSPS) is 16.8. The van der Waals surface area contributed by atoms with E-state index in [1.54, 1.807) is 11.3 Å². The number of hydrogen-bond donors (Lipinski definition) is 1. The molecule has 1 atom stereocenters. The molecule has 0 amide bonds. The van der Waals surface area contributed by atoms with E-state index >= 15 is 0 Å². The lowest BCUT2D eigenvalue weighted by molar-refractivity contribution is 0.806. The van der Waals surface area contributed by atoms with Crippen molar-refractivity contribution >= 4 is 44.9 Å². The van der Waals surface area contributed by atoms with Crippen molar-refractivity contribution in [1.82, 2.24) is 9.97 Å². The second-order valence-electron chi connectivity index (χ2n) is 4.31. The Morgan fingerprint density at radius 2 is 2.39 bits per heavy atom. The first-order chi connectivity index (χ1) is 8.70. The lowest BCUT2D eigenvalue weighted by atomic mass is 10.1. The number of fused-ring (bicyclic) bond motifs is 3. The molecule has 0 saturated heterocycles. The number of nitrogens with one attached hydrogen (secondary N) is 1. The molecule has 1 aliphatic rings. The van der Waals surface area contributed by atoms with Crippen LogP contribution < -0.4 is 5.56 Å². The number of aryl methyl sites for hydroxylation is 1. The van der Waals surface area contributed by atoms with Crippen LogP contribution in [-0.4, -0.2) is 15.7 Å². The zero-order chi connectivity index (χ0) is 12.7. The van der Waals surface area contributed by atoms with Crippen LogP contribution in [0.1, 0.15) is 35.0 Å². The van der Waals surface area contributed by atoms with Crippen LogP contribution in [-0.2, 0) is 12.2 Å². The van der Waals surface area contributed by atoms with E-state index in [-0.39, 0.29) is 10.9 Å². The first-order valence-electron chi connectivity index (χ1n) is 5.97. The van der Waals surface area contributed by atoms with Crippen molar-refractivity contribution < 1.29 is 0 Å². The van der Waals surface area contributed by atoms with E-state index in [1.165, 1.54) is 10.4 Å². The summed E-state index contributed by atoms with van der Waals surface area (Å²) in [7, 11) is 0. The molecule has 18 heavy (non-hydrogen) atoms. The maximum Gasteiger partial charge on any atom is 0.259 e. The molecule has 96 valence electrons. The first kappa shape index (κ1) is 12.5.